The Hall–Kier alpha value is -2.08. The van der Waals surface area contributed by atoms with Crippen LogP contribution in [-0.4, -0.2) is 39.5 Å². The molecule has 3 rings (SSSR count). The van der Waals surface area contributed by atoms with Crippen LogP contribution in [0.5, 0.6) is 0 Å². The average Bonchev–Trinajstić information content (AvgIpc) is 3.15. The Morgan fingerprint density at radius 1 is 1.17 bits per heavy atom. The molecule has 0 radical (unpaired) electrons. The number of aromatic nitrogens is 1. The molecule has 0 spiro atoms. The lowest BCUT2D eigenvalue weighted by molar-refractivity contribution is -0.141. The van der Waals surface area contributed by atoms with E-state index < -0.39 is 11.9 Å². The van der Waals surface area contributed by atoms with Gasteiger partial charge in [-0.3, -0.25) is 9.59 Å². The third kappa shape index (κ3) is 3.03. The van der Waals surface area contributed by atoms with Crippen molar-refractivity contribution in [2.75, 3.05) is 13.1 Å². The number of hydrogen-bond acceptors (Lipinski definition) is 2. The molecule has 1 fully saturated rings. The van der Waals surface area contributed by atoms with Crippen LogP contribution in [0.2, 0.25) is 0 Å². The zero-order valence-corrected chi connectivity index (χ0v) is 14.3. The lowest BCUT2D eigenvalue weighted by Crippen LogP contribution is -2.31. The minimum Gasteiger partial charge on any atom is -0.481 e. The summed E-state index contributed by atoms with van der Waals surface area (Å²) in [6.45, 7) is 0.779. The van der Waals surface area contributed by atoms with Gasteiger partial charge in [0.1, 0.15) is 5.69 Å². The third-order valence-electron chi connectivity index (χ3n) is 4.31. The third-order valence-corrected chi connectivity index (χ3v) is 4.83. The fourth-order valence-electron chi connectivity index (χ4n) is 2.94. The molecule has 0 aliphatic carbocycles. The summed E-state index contributed by atoms with van der Waals surface area (Å²) in [5.41, 5.74) is 2.56. The largest absolute Gasteiger partial charge is 0.481 e. The van der Waals surface area contributed by atoms with Crippen LogP contribution in [0, 0.1) is 5.92 Å². The molecule has 1 aliphatic heterocycles. The van der Waals surface area contributed by atoms with Gasteiger partial charge in [0, 0.05) is 30.3 Å². The second-order valence-electron chi connectivity index (χ2n) is 5.74. The quantitative estimate of drug-likeness (QED) is 0.895. The molecule has 1 aromatic heterocycles. The highest BCUT2D eigenvalue weighted by molar-refractivity contribution is 9.10. The lowest BCUT2D eigenvalue weighted by atomic mass is 10.1. The van der Waals surface area contributed by atoms with Crippen LogP contribution in [0.1, 0.15) is 16.9 Å². The van der Waals surface area contributed by atoms with E-state index in [9.17, 15) is 9.59 Å². The predicted octanol–water partition coefficient (Wildman–Crippen LogP) is 3.00. The smallest absolute Gasteiger partial charge is 0.308 e. The molecule has 1 aromatic carbocycles. The summed E-state index contributed by atoms with van der Waals surface area (Å²) in [5, 5.41) is 9.07. The summed E-state index contributed by atoms with van der Waals surface area (Å²) < 4.78 is 2.86. The van der Waals surface area contributed by atoms with E-state index in [-0.39, 0.29) is 12.5 Å². The van der Waals surface area contributed by atoms with Gasteiger partial charge < -0.3 is 14.6 Å². The molecular formula is C17H17BrN2O3. The monoisotopic (exact) mass is 376 g/mol. The number of hydrogen-bond donors (Lipinski definition) is 1. The number of halogens is 1. The Bertz CT molecular complexity index is 752. The summed E-state index contributed by atoms with van der Waals surface area (Å²) in [6, 6.07) is 11.6. The molecule has 1 unspecified atom stereocenters. The molecule has 0 saturated carbocycles. The van der Waals surface area contributed by atoms with Crippen molar-refractivity contribution in [3.8, 4) is 11.3 Å². The zero-order chi connectivity index (χ0) is 16.6. The number of aliphatic carboxylic acids is 1. The van der Waals surface area contributed by atoms with Gasteiger partial charge in [0.2, 0.25) is 0 Å². The van der Waals surface area contributed by atoms with Crippen LogP contribution in [0.4, 0.5) is 0 Å². The van der Waals surface area contributed by atoms with Gasteiger partial charge >= 0.3 is 5.97 Å². The lowest BCUT2D eigenvalue weighted by Gasteiger charge is -2.17. The van der Waals surface area contributed by atoms with Crippen LogP contribution in [0.3, 0.4) is 0 Å². The summed E-state index contributed by atoms with van der Waals surface area (Å²) in [4.78, 5) is 25.3. The van der Waals surface area contributed by atoms with Gasteiger partial charge in [0.25, 0.3) is 5.91 Å². The molecule has 6 heteroatoms. The van der Waals surface area contributed by atoms with E-state index in [1.54, 1.807) is 11.0 Å². The molecule has 2 aromatic rings. The second kappa shape index (κ2) is 6.20. The molecule has 1 aliphatic rings. The number of nitrogens with zero attached hydrogens (tertiary/aromatic N) is 2. The van der Waals surface area contributed by atoms with Gasteiger partial charge in [0.05, 0.1) is 5.92 Å². The molecule has 1 amide bonds. The molecule has 0 bridgehead atoms. The molecule has 120 valence electrons. The maximum Gasteiger partial charge on any atom is 0.308 e. The zero-order valence-electron chi connectivity index (χ0n) is 12.7. The minimum atomic E-state index is -0.831. The standard InChI is InChI=1S/C17H17BrN2O3/c1-19-14(11-2-4-13(18)5-3-11)6-7-15(19)16(21)20-9-8-12(10-20)17(22)23/h2-7,12H,8-10H2,1H3,(H,22,23). The van der Waals surface area contributed by atoms with Gasteiger partial charge in [0.15, 0.2) is 0 Å². The van der Waals surface area contributed by atoms with Crippen molar-refractivity contribution in [3.05, 3.63) is 46.6 Å². The minimum absolute atomic E-state index is 0.111. The van der Waals surface area contributed by atoms with Crippen molar-refractivity contribution in [1.29, 1.82) is 0 Å². The second-order valence-corrected chi connectivity index (χ2v) is 6.66. The van der Waals surface area contributed by atoms with E-state index in [2.05, 4.69) is 15.9 Å². The van der Waals surface area contributed by atoms with Gasteiger partial charge in [-0.25, -0.2) is 0 Å². The highest BCUT2D eigenvalue weighted by Crippen LogP contribution is 2.25. The van der Waals surface area contributed by atoms with E-state index in [0.717, 1.165) is 15.7 Å². The van der Waals surface area contributed by atoms with E-state index in [1.165, 1.54) is 0 Å². The van der Waals surface area contributed by atoms with E-state index in [4.69, 9.17) is 5.11 Å². The van der Waals surface area contributed by atoms with Crippen molar-refractivity contribution in [3.63, 3.8) is 0 Å². The van der Waals surface area contributed by atoms with Crippen molar-refractivity contribution in [1.82, 2.24) is 9.47 Å². The van der Waals surface area contributed by atoms with Crippen molar-refractivity contribution < 1.29 is 14.7 Å². The highest BCUT2D eigenvalue weighted by Gasteiger charge is 2.32. The first-order chi connectivity index (χ1) is 11.0. The van der Waals surface area contributed by atoms with Gasteiger partial charge in [-0.05, 0) is 36.2 Å². The number of carbonyl (C=O) groups is 2. The van der Waals surface area contributed by atoms with Crippen LogP contribution in [0.15, 0.2) is 40.9 Å². The number of likely N-dealkylation sites (tertiary alicyclic amines) is 1. The number of rotatable bonds is 3. The normalized spacial score (nSPS) is 17.5. The Balaban J connectivity index is 1.83. The Labute approximate surface area is 142 Å². The van der Waals surface area contributed by atoms with E-state index in [1.807, 2.05) is 41.9 Å². The van der Waals surface area contributed by atoms with Gasteiger partial charge in [-0.1, -0.05) is 28.1 Å². The van der Waals surface area contributed by atoms with Gasteiger partial charge in [-0.2, -0.15) is 0 Å². The number of benzene rings is 1. The van der Waals surface area contributed by atoms with Gasteiger partial charge in [-0.15, -0.1) is 0 Å². The van der Waals surface area contributed by atoms with Crippen molar-refractivity contribution in [2.45, 2.75) is 6.42 Å². The molecule has 5 nitrogen and oxygen atoms in total. The van der Waals surface area contributed by atoms with Crippen LogP contribution < -0.4 is 0 Å². The molecule has 1 atom stereocenters. The summed E-state index contributed by atoms with van der Waals surface area (Å²) >= 11 is 3.41. The topological polar surface area (TPSA) is 62.5 Å². The Morgan fingerprint density at radius 3 is 2.48 bits per heavy atom. The maximum absolute atomic E-state index is 12.6. The van der Waals surface area contributed by atoms with Crippen LogP contribution in [0.25, 0.3) is 11.3 Å². The highest BCUT2D eigenvalue weighted by atomic mass is 79.9. The van der Waals surface area contributed by atoms with Crippen molar-refractivity contribution >= 4 is 27.8 Å². The number of carboxylic acids is 1. The average molecular weight is 377 g/mol. The molecule has 1 saturated heterocycles. The summed E-state index contributed by atoms with van der Waals surface area (Å²) in [5.74, 6) is -1.40. The summed E-state index contributed by atoms with van der Waals surface area (Å²) in [6.07, 6.45) is 0.519. The van der Waals surface area contributed by atoms with E-state index in [0.29, 0.717) is 18.7 Å². The first-order valence-corrected chi connectivity index (χ1v) is 8.20. The van der Waals surface area contributed by atoms with E-state index >= 15 is 0 Å². The first-order valence-electron chi connectivity index (χ1n) is 7.41. The molecule has 2 heterocycles. The Kier molecular flexibility index (Phi) is 4.26. The fraction of sp³-hybridized carbons (Fsp3) is 0.294. The van der Waals surface area contributed by atoms with Crippen LogP contribution in [-0.2, 0) is 11.8 Å². The SMILES string of the molecule is Cn1c(C(=O)N2CCC(C(=O)O)C2)ccc1-c1ccc(Br)cc1. The molecular weight excluding hydrogens is 360 g/mol. The first kappa shape index (κ1) is 15.8. The van der Waals surface area contributed by atoms with Crippen molar-refractivity contribution in [2.24, 2.45) is 13.0 Å². The molecule has 23 heavy (non-hydrogen) atoms. The summed E-state index contributed by atoms with van der Waals surface area (Å²) in [7, 11) is 1.86. The number of amides is 1. The number of carbonyl (C=O) groups excluding carboxylic acids is 1. The number of carboxylic acid groups (broad SMARTS) is 1. The molecule has 1 N–H and O–H groups in total. The fourth-order valence-corrected chi connectivity index (χ4v) is 3.21. The maximum atomic E-state index is 12.6. The predicted molar refractivity (Wildman–Crippen MR) is 90.2 cm³/mol. The Morgan fingerprint density at radius 2 is 1.87 bits per heavy atom. The van der Waals surface area contributed by atoms with Crippen LogP contribution >= 0.6 is 15.9 Å².